The van der Waals surface area contributed by atoms with Crippen LogP contribution in [0.1, 0.15) is 43.4 Å². The van der Waals surface area contributed by atoms with Crippen molar-refractivity contribution in [2.24, 2.45) is 0 Å². The maximum absolute atomic E-state index is 2.71. The van der Waals surface area contributed by atoms with Crippen LogP contribution in [0.25, 0.3) is 0 Å². The van der Waals surface area contributed by atoms with E-state index in [0.29, 0.717) is 12.1 Å². The molecule has 0 aliphatic carbocycles. The lowest BCUT2D eigenvalue weighted by molar-refractivity contribution is 0.103. The van der Waals surface area contributed by atoms with Crippen LogP contribution < -0.4 is 0 Å². The van der Waals surface area contributed by atoms with E-state index in [1.54, 1.807) is 0 Å². The van der Waals surface area contributed by atoms with Gasteiger partial charge in [0.2, 0.25) is 0 Å². The minimum atomic E-state index is 0.514. The SMILES string of the molecule is C[C@H](c1ccccc1)N1CCCCC1Cc1ccccc1. The van der Waals surface area contributed by atoms with Crippen LogP contribution in [0.4, 0.5) is 0 Å². The van der Waals surface area contributed by atoms with E-state index in [0.717, 1.165) is 0 Å². The summed E-state index contributed by atoms with van der Waals surface area (Å²) in [5.74, 6) is 0. The van der Waals surface area contributed by atoms with Crippen LogP contribution in [-0.2, 0) is 6.42 Å². The summed E-state index contributed by atoms with van der Waals surface area (Å²) in [6.45, 7) is 3.59. The first-order valence-corrected chi connectivity index (χ1v) is 8.19. The summed E-state index contributed by atoms with van der Waals surface area (Å²) in [5, 5.41) is 0. The molecule has 1 aliphatic heterocycles. The van der Waals surface area contributed by atoms with Crippen molar-refractivity contribution in [1.82, 2.24) is 4.90 Å². The molecule has 2 atom stereocenters. The second kappa shape index (κ2) is 6.91. The van der Waals surface area contributed by atoms with Crippen molar-refractivity contribution < 1.29 is 0 Å². The zero-order valence-corrected chi connectivity index (χ0v) is 12.9. The summed E-state index contributed by atoms with van der Waals surface area (Å²) in [6.07, 6.45) is 5.21. The Balaban J connectivity index is 1.75. The van der Waals surface area contributed by atoms with Crippen molar-refractivity contribution in [2.75, 3.05) is 6.54 Å². The third kappa shape index (κ3) is 3.54. The molecule has 2 aromatic carbocycles. The Labute approximate surface area is 128 Å². The molecule has 3 rings (SSSR count). The van der Waals surface area contributed by atoms with Gasteiger partial charge in [-0.1, -0.05) is 67.1 Å². The van der Waals surface area contributed by atoms with Gasteiger partial charge < -0.3 is 0 Å². The fourth-order valence-electron chi connectivity index (χ4n) is 3.56. The lowest BCUT2D eigenvalue weighted by Gasteiger charge is -2.40. The van der Waals surface area contributed by atoms with Crippen molar-refractivity contribution in [3.8, 4) is 0 Å². The monoisotopic (exact) mass is 279 g/mol. The van der Waals surface area contributed by atoms with Gasteiger partial charge in [-0.2, -0.15) is 0 Å². The molecule has 0 saturated carbocycles. The zero-order valence-electron chi connectivity index (χ0n) is 12.9. The fraction of sp³-hybridized carbons (Fsp3) is 0.400. The Kier molecular flexibility index (Phi) is 4.72. The molecule has 0 spiro atoms. The highest BCUT2D eigenvalue weighted by Gasteiger charge is 2.27. The van der Waals surface area contributed by atoms with Crippen LogP contribution in [0.3, 0.4) is 0 Å². The molecule has 0 amide bonds. The van der Waals surface area contributed by atoms with Crippen molar-refractivity contribution in [1.29, 1.82) is 0 Å². The van der Waals surface area contributed by atoms with Gasteiger partial charge in [-0.25, -0.2) is 0 Å². The molecule has 1 saturated heterocycles. The van der Waals surface area contributed by atoms with Gasteiger partial charge in [0, 0.05) is 12.1 Å². The summed E-state index contributed by atoms with van der Waals surface area (Å²) in [6, 6.07) is 23.1. The lowest BCUT2D eigenvalue weighted by Crippen LogP contribution is -2.42. The topological polar surface area (TPSA) is 3.24 Å². The average Bonchev–Trinajstić information content (AvgIpc) is 2.56. The molecule has 1 heterocycles. The van der Waals surface area contributed by atoms with Gasteiger partial charge >= 0.3 is 0 Å². The van der Waals surface area contributed by atoms with E-state index in [2.05, 4.69) is 72.5 Å². The summed E-state index contributed by atoms with van der Waals surface area (Å²) in [4.78, 5) is 2.71. The fourth-order valence-corrected chi connectivity index (χ4v) is 3.56. The molecule has 21 heavy (non-hydrogen) atoms. The Bertz CT molecular complexity index is 534. The smallest absolute Gasteiger partial charge is 0.0322 e. The highest BCUT2D eigenvalue weighted by molar-refractivity contribution is 5.20. The summed E-state index contributed by atoms with van der Waals surface area (Å²) in [7, 11) is 0. The number of likely N-dealkylation sites (tertiary alicyclic amines) is 1. The predicted molar refractivity (Wildman–Crippen MR) is 89.3 cm³/mol. The molecule has 1 unspecified atom stereocenters. The molecular formula is C20H25N. The van der Waals surface area contributed by atoms with Gasteiger partial charge in [-0.15, -0.1) is 0 Å². The number of hydrogen-bond acceptors (Lipinski definition) is 1. The average molecular weight is 279 g/mol. The largest absolute Gasteiger partial charge is 0.293 e. The number of piperidine rings is 1. The first kappa shape index (κ1) is 14.3. The Morgan fingerprint density at radius 1 is 0.952 bits per heavy atom. The van der Waals surface area contributed by atoms with Gasteiger partial charge in [0.25, 0.3) is 0 Å². The number of nitrogens with zero attached hydrogens (tertiary/aromatic N) is 1. The van der Waals surface area contributed by atoms with Gasteiger partial charge in [-0.05, 0) is 43.9 Å². The van der Waals surface area contributed by atoms with Gasteiger partial charge in [0.05, 0.1) is 0 Å². The van der Waals surface area contributed by atoms with Crippen LogP contribution in [0.5, 0.6) is 0 Å². The van der Waals surface area contributed by atoms with Crippen LogP contribution in [0.15, 0.2) is 60.7 Å². The number of rotatable bonds is 4. The van der Waals surface area contributed by atoms with Crippen molar-refractivity contribution >= 4 is 0 Å². The van der Waals surface area contributed by atoms with E-state index in [1.165, 1.54) is 43.4 Å². The molecule has 2 aromatic rings. The molecule has 1 heteroatoms. The minimum absolute atomic E-state index is 0.514. The van der Waals surface area contributed by atoms with E-state index in [1.807, 2.05) is 0 Å². The van der Waals surface area contributed by atoms with Gasteiger partial charge in [0.1, 0.15) is 0 Å². The van der Waals surface area contributed by atoms with Gasteiger partial charge in [0.15, 0.2) is 0 Å². The van der Waals surface area contributed by atoms with Crippen LogP contribution in [0, 0.1) is 0 Å². The van der Waals surface area contributed by atoms with Crippen molar-refractivity contribution in [2.45, 2.75) is 44.7 Å². The molecule has 0 N–H and O–H groups in total. The van der Waals surface area contributed by atoms with E-state index in [9.17, 15) is 0 Å². The molecule has 1 nitrogen and oxygen atoms in total. The first-order valence-electron chi connectivity index (χ1n) is 8.19. The van der Waals surface area contributed by atoms with Crippen LogP contribution in [0.2, 0.25) is 0 Å². The first-order chi connectivity index (χ1) is 10.3. The Morgan fingerprint density at radius 3 is 2.33 bits per heavy atom. The second-order valence-electron chi connectivity index (χ2n) is 6.16. The molecule has 1 fully saturated rings. The molecule has 110 valence electrons. The Morgan fingerprint density at radius 2 is 1.62 bits per heavy atom. The molecule has 1 aliphatic rings. The summed E-state index contributed by atoms with van der Waals surface area (Å²) < 4.78 is 0. The standard InChI is InChI=1S/C20H25N/c1-17(19-12-6-3-7-13-19)21-15-9-8-14-20(21)16-18-10-4-2-5-11-18/h2-7,10-13,17,20H,8-9,14-16H2,1H3/t17-,20?/m1/s1. The summed E-state index contributed by atoms with van der Waals surface area (Å²) in [5.41, 5.74) is 2.91. The molecule has 0 radical (unpaired) electrons. The third-order valence-corrected chi connectivity index (χ3v) is 4.77. The van der Waals surface area contributed by atoms with Gasteiger partial charge in [-0.3, -0.25) is 4.90 Å². The van der Waals surface area contributed by atoms with Crippen LogP contribution >= 0.6 is 0 Å². The third-order valence-electron chi connectivity index (χ3n) is 4.77. The van der Waals surface area contributed by atoms with Crippen molar-refractivity contribution in [3.05, 3.63) is 71.8 Å². The van der Waals surface area contributed by atoms with E-state index < -0.39 is 0 Å². The normalized spacial score (nSPS) is 21.1. The van der Waals surface area contributed by atoms with E-state index >= 15 is 0 Å². The molecule has 0 aromatic heterocycles. The lowest BCUT2D eigenvalue weighted by atomic mass is 9.92. The highest BCUT2D eigenvalue weighted by atomic mass is 15.2. The highest BCUT2D eigenvalue weighted by Crippen LogP contribution is 2.29. The second-order valence-corrected chi connectivity index (χ2v) is 6.16. The predicted octanol–water partition coefficient (Wildman–Crippen LogP) is 4.84. The number of benzene rings is 2. The zero-order chi connectivity index (χ0) is 14.5. The molecular weight excluding hydrogens is 254 g/mol. The quantitative estimate of drug-likeness (QED) is 0.773. The van der Waals surface area contributed by atoms with E-state index in [-0.39, 0.29) is 0 Å². The van der Waals surface area contributed by atoms with E-state index in [4.69, 9.17) is 0 Å². The minimum Gasteiger partial charge on any atom is -0.293 e. The number of hydrogen-bond donors (Lipinski definition) is 0. The Hall–Kier alpha value is -1.60. The maximum atomic E-state index is 2.71. The molecule has 0 bridgehead atoms. The summed E-state index contributed by atoms with van der Waals surface area (Å²) >= 11 is 0. The van der Waals surface area contributed by atoms with Crippen LogP contribution in [-0.4, -0.2) is 17.5 Å². The van der Waals surface area contributed by atoms with Crippen molar-refractivity contribution in [3.63, 3.8) is 0 Å². The maximum Gasteiger partial charge on any atom is 0.0322 e.